The van der Waals surface area contributed by atoms with Crippen molar-refractivity contribution in [1.82, 2.24) is 0 Å². The molecule has 0 N–H and O–H groups in total. The molecule has 0 unspecified atom stereocenters. The van der Waals surface area contributed by atoms with E-state index in [0.29, 0.717) is 0 Å². The minimum Gasteiger partial charge on any atom is -0.453 e. The first-order valence-electron chi connectivity index (χ1n) is 7.55. The molecule has 0 saturated heterocycles. The molecule has 24 heavy (non-hydrogen) atoms. The summed E-state index contributed by atoms with van der Waals surface area (Å²) in [5, 5.41) is 10.9. The fourth-order valence-corrected chi connectivity index (χ4v) is 2.87. The molecule has 3 aromatic carbocycles. The monoisotopic (exact) mass is 318 g/mol. The predicted octanol–water partition coefficient (Wildman–Crippen LogP) is 5.48. The van der Waals surface area contributed by atoms with E-state index in [4.69, 9.17) is 4.74 Å². The topological polar surface area (TPSA) is 55.6 Å². The lowest BCUT2D eigenvalue weighted by molar-refractivity contribution is -0.384. The van der Waals surface area contributed by atoms with Gasteiger partial charge in [-0.25, -0.2) is 0 Å². The Bertz CT molecular complexity index is 936. The molecule has 0 atom stereocenters. The lowest BCUT2D eigenvalue weighted by Gasteiger charge is -2.33. The van der Waals surface area contributed by atoms with Gasteiger partial charge in [0, 0.05) is 17.8 Å². The fraction of sp³-hybridized carbons (Fsp3) is 0.0526. The van der Waals surface area contributed by atoms with Gasteiger partial charge in [-0.1, -0.05) is 18.2 Å². The van der Waals surface area contributed by atoms with Crippen LogP contribution < -0.4 is 9.64 Å². The number of hydrogen-bond acceptors (Lipinski definition) is 4. The van der Waals surface area contributed by atoms with Crippen LogP contribution in [0.5, 0.6) is 11.5 Å². The van der Waals surface area contributed by atoms with Gasteiger partial charge in [-0.05, 0) is 48.9 Å². The van der Waals surface area contributed by atoms with Crippen LogP contribution in [-0.4, -0.2) is 4.92 Å². The summed E-state index contributed by atoms with van der Waals surface area (Å²) >= 11 is 0. The average Bonchev–Trinajstić information content (AvgIpc) is 2.60. The molecule has 118 valence electrons. The number of para-hydroxylation sites is 2. The predicted molar refractivity (Wildman–Crippen MR) is 92.6 cm³/mol. The number of nitrogens with zero attached hydrogens (tertiary/aromatic N) is 2. The second kappa shape index (κ2) is 5.38. The first kappa shape index (κ1) is 14.3. The van der Waals surface area contributed by atoms with Crippen LogP contribution >= 0.6 is 0 Å². The van der Waals surface area contributed by atoms with E-state index in [1.54, 1.807) is 12.1 Å². The minimum atomic E-state index is -0.394. The zero-order valence-corrected chi connectivity index (χ0v) is 13.0. The number of nitro groups is 1. The first-order chi connectivity index (χ1) is 11.6. The lowest BCUT2D eigenvalue weighted by atomic mass is 10.1. The molecule has 0 saturated carbocycles. The van der Waals surface area contributed by atoms with Gasteiger partial charge in [0.1, 0.15) is 0 Å². The maximum absolute atomic E-state index is 10.9. The Kier molecular flexibility index (Phi) is 3.20. The Labute approximate surface area is 138 Å². The van der Waals surface area contributed by atoms with Crippen molar-refractivity contribution in [3.8, 4) is 11.5 Å². The van der Waals surface area contributed by atoms with Crippen molar-refractivity contribution in [2.75, 3.05) is 4.90 Å². The van der Waals surface area contributed by atoms with E-state index < -0.39 is 4.92 Å². The van der Waals surface area contributed by atoms with E-state index in [1.165, 1.54) is 12.1 Å². The van der Waals surface area contributed by atoms with Gasteiger partial charge in [-0.3, -0.25) is 10.1 Å². The Balaban J connectivity index is 1.90. The molecular formula is C19H14N2O3. The first-order valence-corrected chi connectivity index (χ1v) is 7.55. The molecule has 0 amide bonds. The Morgan fingerprint density at radius 1 is 0.917 bits per heavy atom. The number of benzene rings is 3. The van der Waals surface area contributed by atoms with Gasteiger partial charge < -0.3 is 9.64 Å². The van der Waals surface area contributed by atoms with Crippen LogP contribution in [0.15, 0.2) is 66.7 Å². The van der Waals surface area contributed by atoms with Crippen molar-refractivity contribution < 1.29 is 9.66 Å². The van der Waals surface area contributed by atoms with Crippen LogP contribution in [0, 0.1) is 17.0 Å². The second-order valence-electron chi connectivity index (χ2n) is 5.65. The van der Waals surface area contributed by atoms with Crippen LogP contribution in [0.2, 0.25) is 0 Å². The molecule has 0 fully saturated rings. The number of fused-ring (bicyclic) bond motifs is 2. The Morgan fingerprint density at radius 2 is 1.62 bits per heavy atom. The van der Waals surface area contributed by atoms with E-state index in [0.717, 1.165) is 34.1 Å². The van der Waals surface area contributed by atoms with Crippen LogP contribution in [0.1, 0.15) is 5.56 Å². The van der Waals surface area contributed by atoms with Crippen molar-refractivity contribution in [1.29, 1.82) is 0 Å². The summed E-state index contributed by atoms with van der Waals surface area (Å²) in [6, 6.07) is 20.3. The van der Waals surface area contributed by atoms with Crippen LogP contribution in [0.25, 0.3) is 0 Å². The zero-order valence-electron chi connectivity index (χ0n) is 13.0. The number of nitro benzene ring substituents is 1. The van der Waals surface area contributed by atoms with E-state index in [-0.39, 0.29) is 5.69 Å². The summed E-state index contributed by atoms with van der Waals surface area (Å²) in [5.74, 6) is 1.52. The molecule has 0 aromatic heterocycles. The van der Waals surface area contributed by atoms with Gasteiger partial charge in [-0.15, -0.1) is 0 Å². The summed E-state index contributed by atoms with van der Waals surface area (Å²) in [5.41, 5.74) is 3.86. The number of hydrogen-bond donors (Lipinski definition) is 0. The number of non-ortho nitro benzene ring substituents is 1. The third-order valence-corrected chi connectivity index (χ3v) is 4.00. The summed E-state index contributed by atoms with van der Waals surface area (Å²) in [7, 11) is 0. The van der Waals surface area contributed by atoms with Gasteiger partial charge in [0.2, 0.25) is 0 Å². The zero-order chi connectivity index (χ0) is 16.7. The minimum absolute atomic E-state index is 0.0739. The van der Waals surface area contributed by atoms with E-state index in [2.05, 4.69) is 4.90 Å². The number of aryl methyl sites for hydroxylation is 1. The summed E-state index contributed by atoms with van der Waals surface area (Å²) in [4.78, 5) is 12.6. The van der Waals surface area contributed by atoms with E-state index in [9.17, 15) is 10.1 Å². The van der Waals surface area contributed by atoms with Crippen molar-refractivity contribution in [2.24, 2.45) is 0 Å². The number of ether oxygens (including phenoxy) is 1. The van der Waals surface area contributed by atoms with Crippen LogP contribution in [-0.2, 0) is 0 Å². The largest absolute Gasteiger partial charge is 0.453 e. The smallest absolute Gasteiger partial charge is 0.269 e. The van der Waals surface area contributed by atoms with Crippen LogP contribution in [0.4, 0.5) is 22.7 Å². The quantitative estimate of drug-likeness (QED) is 0.363. The van der Waals surface area contributed by atoms with Gasteiger partial charge in [0.05, 0.1) is 16.3 Å². The molecule has 0 bridgehead atoms. The lowest BCUT2D eigenvalue weighted by Crippen LogP contribution is -2.15. The van der Waals surface area contributed by atoms with Gasteiger partial charge >= 0.3 is 0 Å². The molecule has 5 heteroatoms. The molecule has 4 rings (SSSR count). The molecule has 1 aliphatic rings. The van der Waals surface area contributed by atoms with Crippen molar-refractivity contribution in [2.45, 2.75) is 6.92 Å². The molecular weight excluding hydrogens is 304 g/mol. The third-order valence-electron chi connectivity index (χ3n) is 4.00. The van der Waals surface area contributed by atoms with Gasteiger partial charge in [0.25, 0.3) is 5.69 Å². The highest BCUT2D eigenvalue weighted by molar-refractivity contribution is 5.86. The molecule has 0 radical (unpaired) electrons. The highest BCUT2D eigenvalue weighted by atomic mass is 16.6. The maximum Gasteiger partial charge on any atom is 0.269 e. The second-order valence-corrected chi connectivity index (χ2v) is 5.65. The molecule has 1 heterocycles. The van der Waals surface area contributed by atoms with Crippen LogP contribution in [0.3, 0.4) is 0 Å². The highest BCUT2D eigenvalue weighted by Crippen LogP contribution is 2.50. The van der Waals surface area contributed by atoms with E-state index >= 15 is 0 Å². The summed E-state index contributed by atoms with van der Waals surface area (Å²) < 4.78 is 6.00. The van der Waals surface area contributed by atoms with Gasteiger partial charge in [-0.2, -0.15) is 0 Å². The third kappa shape index (κ3) is 2.27. The Morgan fingerprint density at radius 3 is 2.38 bits per heavy atom. The number of rotatable bonds is 2. The summed E-state index contributed by atoms with van der Waals surface area (Å²) in [6.07, 6.45) is 0. The van der Waals surface area contributed by atoms with Gasteiger partial charge in [0.15, 0.2) is 11.5 Å². The van der Waals surface area contributed by atoms with E-state index in [1.807, 2.05) is 49.4 Å². The standard InChI is InChI=1S/C19H14N2O3/c1-13-6-11-19-17(12-13)20(16-4-2-3-5-18(16)24-19)14-7-9-15(10-8-14)21(22)23/h2-12H,1H3. The van der Waals surface area contributed by atoms with Crippen molar-refractivity contribution in [3.05, 3.63) is 82.4 Å². The van der Waals surface area contributed by atoms with Crippen molar-refractivity contribution in [3.63, 3.8) is 0 Å². The SMILES string of the molecule is Cc1ccc2c(c1)N(c1ccc([N+](=O)[O-])cc1)c1ccccc1O2. The maximum atomic E-state index is 10.9. The molecule has 0 spiro atoms. The summed E-state index contributed by atoms with van der Waals surface area (Å²) in [6.45, 7) is 2.02. The average molecular weight is 318 g/mol. The molecule has 5 nitrogen and oxygen atoms in total. The van der Waals surface area contributed by atoms with Crippen molar-refractivity contribution >= 4 is 22.7 Å². The fourth-order valence-electron chi connectivity index (χ4n) is 2.87. The Hall–Kier alpha value is -3.34. The molecule has 3 aromatic rings. The highest BCUT2D eigenvalue weighted by Gasteiger charge is 2.25. The normalized spacial score (nSPS) is 12.1. The molecule has 1 aliphatic heterocycles. The number of anilines is 3. The molecule has 0 aliphatic carbocycles.